The number of aromatic nitrogens is 4. The van der Waals surface area contributed by atoms with Gasteiger partial charge in [-0.15, -0.1) is 0 Å². The molecule has 7 nitrogen and oxygen atoms in total. The van der Waals surface area contributed by atoms with E-state index in [9.17, 15) is 0 Å². The molecule has 2 aromatic heterocycles. The molecule has 2 aliphatic rings. The van der Waals surface area contributed by atoms with Crippen molar-refractivity contribution in [3.05, 3.63) is 12.5 Å². The van der Waals surface area contributed by atoms with Gasteiger partial charge in [-0.05, 0) is 32.4 Å². The van der Waals surface area contributed by atoms with Gasteiger partial charge in [0.1, 0.15) is 5.52 Å². The van der Waals surface area contributed by atoms with Crippen LogP contribution >= 0.6 is 0 Å². The monoisotopic (exact) mass is 343 g/mol. The van der Waals surface area contributed by atoms with Crippen molar-refractivity contribution in [3.8, 4) is 0 Å². The van der Waals surface area contributed by atoms with Gasteiger partial charge in [-0.3, -0.25) is 0 Å². The van der Waals surface area contributed by atoms with E-state index in [4.69, 9.17) is 4.98 Å². The Hall–Kier alpha value is -1.73. The predicted octanol–water partition coefficient (Wildman–Crippen LogP) is 1.45. The van der Waals surface area contributed by atoms with E-state index in [2.05, 4.69) is 36.2 Å². The highest BCUT2D eigenvalue weighted by Crippen LogP contribution is 2.18. The SMILES string of the molecule is CCN1CCN(CCCn2cnc3cnc(N4CCCC4)nc32)CC1. The average Bonchev–Trinajstić information content (AvgIpc) is 3.32. The van der Waals surface area contributed by atoms with Crippen LogP contribution in [0.4, 0.5) is 5.95 Å². The summed E-state index contributed by atoms with van der Waals surface area (Å²) in [7, 11) is 0. The molecule has 4 rings (SSSR count). The van der Waals surface area contributed by atoms with Crippen molar-refractivity contribution < 1.29 is 0 Å². The minimum Gasteiger partial charge on any atom is -0.341 e. The molecule has 2 fully saturated rings. The Balaban J connectivity index is 1.35. The van der Waals surface area contributed by atoms with Crippen LogP contribution in [-0.2, 0) is 6.54 Å². The molecule has 136 valence electrons. The van der Waals surface area contributed by atoms with Gasteiger partial charge in [-0.1, -0.05) is 6.92 Å². The molecule has 0 radical (unpaired) electrons. The third-order valence-corrected chi connectivity index (χ3v) is 5.52. The van der Waals surface area contributed by atoms with Crippen LogP contribution in [0.15, 0.2) is 12.5 Å². The number of nitrogens with zero attached hydrogens (tertiary/aromatic N) is 7. The quantitative estimate of drug-likeness (QED) is 0.791. The number of rotatable bonds is 6. The zero-order chi connectivity index (χ0) is 17.1. The lowest BCUT2D eigenvalue weighted by molar-refractivity contribution is 0.135. The number of piperazine rings is 1. The summed E-state index contributed by atoms with van der Waals surface area (Å²) in [4.78, 5) is 21.2. The minimum absolute atomic E-state index is 0.863. The normalized spacial score (nSPS) is 20.0. The lowest BCUT2D eigenvalue weighted by atomic mass is 10.3. The van der Waals surface area contributed by atoms with Crippen LogP contribution in [0, 0.1) is 0 Å². The summed E-state index contributed by atoms with van der Waals surface area (Å²) in [5.41, 5.74) is 1.88. The maximum atomic E-state index is 4.80. The van der Waals surface area contributed by atoms with Gasteiger partial charge in [0, 0.05) is 45.8 Å². The second-order valence-corrected chi connectivity index (χ2v) is 7.14. The molecule has 2 saturated heterocycles. The Morgan fingerprint density at radius 1 is 0.920 bits per heavy atom. The molecule has 25 heavy (non-hydrogen) atoms. The van der Waals surface area contributed by atoms with E-state index in [0.717, 1.165) is 49.7 Å². The Morgan fingerprint density at radius 3 is 2.44 bits per heavy atom. The van der Waals surface area contributed by atoms with Gasteiger partial charge in [0.2, 0.25) is 5.95 Å². The molecule has 0 aliphatic carbocycles. The van der Waals surface area contributed by atoms with Crippen molar-refractivity contribution in [1.29, 1.82) is 0 Å². The highest BCUT2D eigenvalue weighted by atomic mass is 15.3. The van der Waals surface area contributed by atoms with E-state index in [-0.39, 0.29) is 0 Å². The standard InChI is InChI=1S/C18H29N7/c1-2-22-10-12-23(13-11-22)6-5-9-25-15-20-16-14-19-18(21-17(16)25)24-7-3-4-8-24/h14-15H,2-13H2,1H3. The van der Waals surface area contributed by atoms with Crippen molar-refractivity contribution in [2.24, 2.45) is 0 Å². The van der Waals surface area contributed by atoms with Crippen LogP contribution in [0.25, 0.3) is 11.2 Å². The number of imidazole rings is 1. The largest absolute Gasteiger partial charge is 0.341 e. The highest BCUT2D eigenvalue weighted by Gasteiger charge is 2.17. The van der Waals surface area contributed by atoms with E-state index in [0.29, 0.717) is 0 Å². The van der Waals surface area contributed by atoms with Crippen LogP contribution < -0.4 is 4.90 Å². The molecule has 2 aliphatic heterocycles. The van der Waals surface area contributed by atoms with Gasteiger partial charge >= 0.3 is 0 Å². The summed E-state index contributed by atoms with van der Waals surface area (Å²) in [6.07, 6.45) is 7.41. The lowest BCUT2D eigenvalue weighted by Gasteiger charge is -2.33. The fourth-order valence-electron chi connectivity index (χ4n) is 3.87. The topological polar surface area (TPSA) is 53.3 Å². The zero-order valence-corrected chi connectivity index (χ0v) is 15.3. The molecule has 0 aromatic carbocycles. The van der Waals surface area contributed by atoms with E-state index in [1.165, 1.54) is 45.6 Å². The first-order valence-electron chi connectivity index (χ1n) is 9.71. The fraction of sp³-hybridized carbons (Fsp3) is 0.722. The molecule has 0 atom stereocenters. The molecule has 2 aromatic rings. The average molecular weight is 343 g/mol. The van der Waals surface area contributed by atoms with Crippen LogP contribution in [-0.4, -0.2) is 81.7 Å². The number of fused-ring (bicyclic) bond motifs is 1. The van der Waals surface area contributed by atoms with Gasteiger partial charge in [0.15, 0.2) is 5.65 Å². The summed E-state index contributed by atoms with van der Waals surface area (Å²) in [6.45, 7) is 12.5. The molecule has 0 spiro atoms. The van der Waals surface area contributed by atoms with Crippen molar-refractivity contribution in [2.75, 3.05) is 57.3 Å². The molecule has 0 bridgehead atoms. The molecule has 0 saturated carbocycles. The summed E-state index contributed by atoms with van der Waals surface area (Å²) in [5.74, 6) is 0.863. The van der Waals surface area contributed by atoms with Gasteiger partial charge in [0.05, 0.1) is 12.5 Å². The summed E-state index contributed by atoms with van der Waals surface area (Å²) < 4.78 is 2.19. The van der Waals surface area contributed by atoms with E-state index in [1.807, 2.05) is 12.5 Å². The molecule has 0 amide bonds. The summed E-state index contributed by atoms with van der Waals surface area (Å²) in [5, 5.41) is 0. The van der Waals surface area contributed by atoms with Crippen LogP contribution in [0.1, 0.15) is 26.2 Å². The highest BCUT2D eigenvalue weighted by molar-refractivity contribution is 5.71. The van der Waals surface area contributed by atoms with Gasteiger partial charge in [-0.25, -0.2) is 9.97 Å². The summed E-state index contributed by atoms with van der Waals surface area (Å²) >= 11 is 0. The van der Waals surface area contributed by atoms with E-state index in [1.54, 1.807) is 0 Å². The van der Waals surface area contributed by atoms with E-state index >= 15 is 0 Å². The first kappa shape index (κ1) is 16.7. The number of likely N-dealkylation sites (N-methyl/N-ethyl adjacent to an activating group) is 1. The second-order valence-electron chi connectivity index (χ2n) is 7.14. The number of hydrogen-bond acceptors (Lipinski definition) is 6. The first-order valence-corrected chi connectivity index (χ1v) is 9.71. The number of anilines is 1. The minimum atomic E-state index is 0.863. The maximum absolute atomic E-state index is 4.80. The van der Waals surface area contributed by atoms with Gasteiger partial charge < -0.3 is 19.3 Å². The fourth-order valence-corrected chi connectivity index (χ4v) is 3.87. The van der Waals surface area contributed by atoms with Gasteiger partial charge in [-0.2, -0.15) is 4.98 Å². The third-order valence-electron chi connectivity index (χ3n) is 5.52. The Kier molecular flexibility index (Phi) is 5.12. The first-order chi connectivity index (χ1) is 12.3. The van der Waals surface area contributed by atoms with Crippen LogP contribution in [0.3, 0.4) is 0 Å². The third kappa shape index (κ3) is 3.77. The van der Waals surface area contributed by atoms with E-state index < -0.39 is 0 Å². The molecular formula is C18H29N7. The molecule has 0 unspecified atom stereocenters. The Bertz CT molecular complexity index is 684. The smallest absolute Gasteiger partial charge is 0.227 e. The van der Waals surface area contributed by atoms with Crippen LogP contribution in [0.2, 0.25) is 0 Å². The van der Waals surface area contributed by atoms with Gasteiger partial charge in [0.25, 0.3) is 0 Å². The molecule has 0 N–H and O–H groups in total. The van der Waals surface area contributed by atoms with Crippen LogP contribution in [0.5, 0.6) is 0 Å². The van der Waals surface area contributed by atoms with Crippen molar-refractivity contribution >= 4 is 17.1 Å². The lowest BCUT2D eigenvalue weighted by Crippen LogP contribution is -2.46. The number of aryl methyl sites for hydroxylation is 1. The molecule has 4 heterocycles. The Labute approximate surface area is 149 Å². The summed E-state index contributed by atoms with van der Waals surface area (Å²) in [6, 6.07) is 0. The maximum Gasteiger partial charge on any atom is 0.227 e. The van der Waals surface area contributed by atoms with Crippen molar-refractivity contribution in [2.45, 2.75) is 32.7 Å². The number of hydrogen-bond donors (Lipinski definition) is 0. The second kappa shape index (κ2) is 7.66. The predicted molar refractivity (Wildman–Crippen MR) is 99.9 cm³/mol. The Morgan fingerprint density at radius 2 is 1.68 bits per heavy atom. The van der Waals surface area contributed by atoms with Crippen molar-refractivity contribution in [1.82, 2.24) is 29.3 Å². The zero-order valence-electron chi connectivity index (χ0n) is 15.3. The van der Waals surface area contributed by atoms with Crippen molar-refractivity contribution in [3.63, 3.8) is 0 Å². The molecular weight excluding hydrogens is 314 g/mol. The molecule has 7 heteroatoms.